The van der Waals surface area contributed by atoms with Gasteiger partial charge < -0.3 is 9.47 Å². The molecule has 31 heavy (non-hydrogen) atoms. The largest absolute Gasteiger partial charge is 0.483 e. The molecule has 0 radical (unpaired) electrons. The summed E-state index contributed by atoms with van der Waals surface area (Å²) >= 11 is 0. The van der Waals surface area contributed by atoms with Crippen LogP contribution in [0.25, 0.3) is 0 Å². The molecule has 3 heterocycles. The zero-order valence-electron chi connectivity index (χ0n) is 18.4. The third kappa shape index (κ3) is 4.85. The average molecular weight is 418 g/mol. The van der Waals surface area contributed by atoms with Crippen molar-refractivity contribution in [3.63, 3.8) is 0 Å². The lowest BCUT2D eigenvalue weighted by molar-refractivity contribution is -0.120. The second-order valence-corrected chi connectivity index (χ2v) is 8.57. The van der Waals surface area contributed by atoms with E-state index >= 15 is 0 Å². The van der Waals surface area contributed by atoms with E-state index in [0.717, 1.165) is 34.6 Å². The maximum Gasteiger partial charge on any atom is 0.266 e. The quantitative estimate of drug-likeness (QED) is 0.594. The first kappa shape index (κ1) is 20.8. The lowest BCUT2D eigenvalue weighted by atomic mass is 10.0. The molecule has 160 valence electrons. The highest BCUT2D eigenvalue weighted by Crippen LogP contribution is 2.41. The Balaban J connectivity index is 1.53. The fraction of sp³-hybridized carbons (Fsp3) is 0.320. The monoisotopic (exact) mass is 417 g/mol. The average Bonchev–Trinajstić information content (AvgIpc) is 3.07. The van der Waals surface area contributed by atoms with Gasteiger partial charge in [-0.2, -0.15) is 0 Å². The van der Waals surface area contributed by atoms with Gasteiger partial charge in [0.05, 0.1) is 12.2 Å². The van der Waals surface area contributed by atoms with Gasteiger partial charge in [-0.25, -0.2) is 4.98 Å². The number of nitrogens with zero attached hydrogens (tertiary/aromatic N) is 3. The van der Waals surface area contributed by atoms with Gasteiger partial charge in [0.1, 0.15) is 11.4 Å². The number of aryl methyl sites for hydroxylation is 2. The smallest absolute Gasteiger partial charge is 0.266 e. The van der Waals surface area contributed by atoms with Gasteiger partial charge in [-0.3, -0.25) is 14.7 Å². The maximum absolute atomic E-state index is 13.2. The summed E-state index contributed by atoms with van der Waals surface area (Å²) in [5, 5.41) is 0. The van der Waals surface area contributed by atoms with Crippen LogP contribution in [0, 0.1) is 13.8 Å². The number of para-hydroxylation sites is 1. The molecule has 1 aliphatic heterocycles. The van der Waals surface area contributed by atoms with E-state index in [4.69, 9.17) is 9.47 Å². The van der Waals surface area contributed by atoms with Crippen molar-refractivity contribution < 1.29 is 14.3 Å². The Hall–Kier alpha value is -3.41. The van der Waals surface area contributed by atoms with Crippen molar-refractivity contribution in [1.82, 2.24) is 9.97 Å². The topological polar surface area (TPSA) is 64.6 Å². The molecule has 6 nitrogen and oxygen atoms in total. The number of hydrogen-bond donors (Lipinski definition) is 0. The SMILES string of the molecule is Cc1ccc(CN(C(=O)COc2cccc3c2OC(C)(C)C3)c2ccc(C)cn2)nc1. The van der Waals surface area contributed by atoms with E-state index in [1.807, 2.05) is 70.2 Å². The number of fused-ring (bicyclic) bond motifs is 1. The Morgan fingerprint density at radius 3 is 2.48 bits per heavy atom. The zero-order valence-corrected chi connectivity index (χ0v) is 18.4. The molecule has 1 amide bonds. The van der Waals surface area contributed by atoms with Crippen LogP contribution in [0.4, 0.5) is 5.82 Å². The fourth-order valence-corrected chi connectivity index (χ4v) is 3.59. The number of carbonyl (C=O) groups excluding carboxylic acids is 1. The third-order valence-electron chi connectivity index (χ3n) is 5.17. The number of pyridine rings is 2. The summed E-state index contributed by atoms with van der Waals surface area (Å²) in [5.41, 5.74) is 3.70. The number of anilines is 1. The number of hydrogen-bond acceptors (Lipinski definition) is 5. The van der Waals surface area contributed by atoms with Crippen LogP contribution in [-0.2, 0) is 17.8 Å². The predicted molar refractivity (Wildman–Crippen MR) is 119 cm³/mol. The Morgan fingerprint density at radius 2 is 1.81 bits per heavy atom. The first-order valence-corrected chi connectivity index (χ1v) is 10.4. The number of aromatic nitrogens is 2. The molecule has 0 unspecified atom stereocenters. The van der Waals surface area contributed by atoms with Gasteiger partial charge in [0.25, 0.3) is 5.91 Å². The van der Waals surface area contributed by atoms with Crippen LogP contribution in [0.1, 0.15) is 36.2 Å². The van der Waals surface area contributed by atoms with Crippen LogP contribution in [0.15, 0.2) is 54.9 Å². The highest BCUT2D eigenvalue weighted by atomic mass is 16.5. The third-order valence-corrected chi connectivity index (χ3v) is 5.17. The summed E-state index contributed by atoms with van der Waals surface area (Å²) in [5.74, 6) is 1.67. The van der Waals surface area contributed by atoms with Crippen LogP contribution in [0.2, 0.25) is 0 Å². The van der Waals surface area contributed by atoms with Crippen molar-refractivity contribution >= 4 is 11.7 Å². The first-order chi connectivity index (χ1) is 14.8. The molecule has 0 saturated carbocycles. The van der Waals surface area contributed by atoms with Crippen LogP contribution in [0.5, 0.6) is 11.5 Å². The lowest BCUT2D eigenvalue weighted by Gasteiger charge is -2.22. The minimum absolute atomic E-state index is 0.123. The standard InChI is InChI=1S/C25H27N3O3/c1-17-8-10-20(26-13-17)15-28(22-11-9-18(2)14-27-22)23(29)16-30-21-7-5-6-19-12-25(3,4)31-24(19)21/h5-11,13-14H,12,15-16H2,1-4H3. The highest BCUT2D eigenvalue weighted by Gasteiger charge is 2.32. The van der Waals surface area contributed by atoms with Crippen molar-refractivity contribution in [2.75, 3.05) is 11.5 Å². The highest BCUT2D eigenvalue weighted by molar-refractivity contribution is 5.93. The molecule has 3 aromatic rings. The van der Waals surface area contributed by atoms with E-state index < -0.39 is 0 Å². The van der Waals surface area contributed by atoms with Gasteiger partial charge in [-0.15, -0.1) is 0 Å². The number of ether oxygens (including phenoxy) is 2. The normalized spacial score (nSPS) is 13.9. The summed E-state index contributed by atoms with van der Waals surface area (Å²) in [6, 6.07) is 13.5. The molecule has 0 bridgehead atoms. The molecule has 0 N–H and O–H groups in total. The van der Waals surface area contributed by atoms with E-state index in [1.165, 1.54) is 0 Å². The molecule has 0 fully saturated rings. The number of carbonyl (C=O) groups is 1. The molecular weight excluding hydrogens is 390 g/mol. The van der Waals surface area contributed by atoms with Gasteiger partial charge in [-0.05, 0) is 57.0 Å². The van der Waals surface area contributed by atoms with Gasteiger partial charge in [0.2, 0.25) is 0 Å². The van der Waals surface area contributed by atoms with Crippen molar-refractivity contribution in [2.24, 2.45) is 0 Å². The van der Waals surface area contributed by atoms with E-state index in [0.29, 0.717) is 18.1 Å². The summed E-state index contributed by atoms with van der Waals surface area (Å²) in [6.45, 7) is 8.22. The Kier molecular flexibility index (Phi) is 5.63. The zero-order chi connectivity index (χ0) is 22.0. The van der Waals surface area contributed by atoms with E-state index in [2.05, 4.69) is 9.97 Å². The van der Waals surface area contributed by atoms with Crippen LogP contribution < -0.4 is 14.4 Å². The Morgan fingerprint density at radius 1 is 1.06 bits per heavy atom. The summed E-state index contributed by atoms with van der Waals surface area (Å²) < 4.78 is 12.0. The molecule has 1 aliphatic rings. The molecule has 0 spiro atoms. The Bertz CT molecular complexity index is 1080. The molecule has 6 heteroatoms. The van der Waals surface area contributed by atoms with E-state index in [9.17, 15) is 4.79 Å². The number of amides is 1. The van der Waals surface area contributed by atoms with Crippen molar-refractivity contribution in [2.45, 2.75) is 46.3 Å². The van der Waals surface area contributed by atoms with Crippen molar-refractivity contribution in [3.8, 4) is 11.5 Å². The number of benzene rings is 1. The molecule has 0 atom stereocenters. The molecule has 0 saturated heterocycles. The first-order valence-electron chi connectivity index (χ1n) is 10.4. The summed E-state index contributed by atoms with van der Waals surface area (Å²) in [7, 11) is 0. The Labute approximate surface area is 182 Å². The van der Waals surface area contributed by atoms with Crippen molar-refractivity contribution in [1.29, 1.82) is 0 Å². The van der Waals surface area contributed by atoms with Gasteiger partial charge in [0, 0.05) is 24.4 Å². The molecular formula is C25H27N3O3. The van der Waals surface area contributed by atoms with Crippen LogP contribution >= 0.6 is 0 Å². The molecule has 1 aromatic carbocycles. The van der Waals surface area contributed by atoms with Gasteiger partial charge in [0.15, 0.2) is 18.1 Å². The number of rotatable bonds is 6. The molecule has 2 aromatic heterocycles. The fourth-order valence-electron chi connectivity index (χ4n) is 3.59. The minimum atomic E-state index is -0.277. The summed E-state index contributed by atoms with van der Waals surface area (Å²) in [6.07, 6.45) is 4.36. The van der Waals surface area contributed by atoms with Gasteiger partial charge in [-0.1, -0.05) is 24.3 Å². The van der Waals surface area contributed by atoms with Crippen molar-refractivity contribution in [3.05, 3.63) is 77.2 Å². The molecule has 0 aliphatic carbocycles. The lowest BCUT2D eigenvalue weighted by Crippen LogP contribution is -2.35. The summed E-state index contributed by atoms with van der Waals surface area (Å²) in [4.78, 5) is 23.7. The second-order valence-electron chi connectivity index (χ2n) is 8.57. The minimum Gasteiger partial charge on any atom is -0.483 e. The molecule has 4 rings (SSSR count). The van der Waals surface area contributed by atoms with Crippen LogP contribution in [0.3, 0.4) is 0 Å². The van der Waals surface area contributed by atoms with Crippen LogP contribution in [-0.4, -0.2) is 28.1 Å². The maximum atomic E-state index is 13.2. The van der Waals surface area contributed by atoms with Gasteiger partial charge >= 0.3 is 0 Å². The van der Waals surface area contributed by atoms with E-state index in [1.54, 1.807) is 17.3 Å². The van der Waals surface area contributed by atoms with E-state index in [-0.39, 0.29) is 18.1 Å². The predicted octanol–water partition coefficient (Wildman–Crippen LogP) is 4.42. The second kappa shape index (κ2) is 8.38.